The number of fused-ring (bicyclic) bond motifs is 1. The van der Waals surface area contributed by atoms with Crippen LogP contribution in [0, 0.1) is 0 Å². The molecular weight excluding hydrogens is 371 g/mol. The van der Waals surface area contributed by atoms with Gasteiger partial charge in [-0.05, 0) is 23.8 Å². The summed E-state index contributed by atoms with van der Waals surface area (Å²) in [5, 5.41) is 4.53. The maximum absolute atomic E-state index is 6.30. The molecule has 2 aromatic rings. The third-order valence-corrected chi connectivity index (χ3v) is 5.73. The average molecular weight is 393 g/mol. The summed E-state index contributed by atoms with van der Waals surface area (Å²) < 4.78 is 12.3. The minimum absolute atomic E-state index is 0.0301. The summed E-state index contributed by atoms with van der Waals surface area (Å²) in [7, 11) is 0. The van der Waals surface area contributed by atoms with Crippen LogP contribution in [-0.2, 0) is 11.3 Å². The zero-order valence-corrected chi connectivity index (χ0v) is 16.0. The molecule has 0 bridgehead atoms. The summed E-state index contributed by atoms with van der Waals surface area (Å²) in [6.07, 6.45) is -0.0301. The molecule has 2 aromatic carbocycles. The van der Waals surface area contributed by atoms with E-state index in [9.17, 15) is 0 Å². The van der Waals surface area contributed by atoms with E-state index in [1.54, 1.807) is 0 Å². The van der Waals surface area contributed by atoms with Gasteiger partial charge in [-0.25, -0.2) is 0 Å². The molecule has 0 saturated carbocycles. The van der Waals surface area contributed by atoms with Gasteiger partial charge in [0, 0.05) is 31.7 Å². The van der Waals surface area contributed by atoms with Crippen molar-refractivity contribution in [2.45, 2.75) is 18.8 Å². The topological polar surface area (TPSA) is 33.7 Å². The smallest absolute Gasteiger partial charge is 0.124 e. The Labute approximate surface area is 164 Å². The number of nitrogens with one attached hydrogen (secondary N) is 1. The van der Waals surface area contributed by atoms with Crippen LogP contribution in [0.1, 0.15) is 17.2 Å². The van der Waals surface area contributed by atoms with Gasteiger partial charge in [0.1, 0.15) is 18.5 Å². The largest absolute Gasteiger partial charge is 0.490 e. The molecule has 2 aliphatic heterocycles. The number of rotatable bonds is 4. The van der Waals surface area contributed by atoms with E-state index in [1.165, 1.54) is 5.56 Å². The Bertz CT molecular complexity index is 765. The van der Waals surface area contributed by atoms with Gasteiger partial charge >= 0.3 is 0 Å². The molecule has 2 atom stereocenters. The lowest BCUT2D eigenvalue weighted by Gasteiger charge is -2.42. The number of benzene rings is 2. The maximum atomic E-state index is 6.30. The van der Waals surface area contributed by atoms with Gasteiger partial charge in [-0.2, -0.15) is 0 Å². The SMILES string of the molecule is Clc1ccc(COC2COc3ccccc3C2N2CCNCC2)cc1Cl. The Hall–Kier alpha value is -1.30. The molecule has 0 aliphatic carbocycles. The number of piperazine rings is 1. The Morgan fingerprint density at radius 1 is 1.08 bits per heavy atom. The quantitative estimate of drug-likeness (QED) is 0.854. The van der Waals surface area contributed by atoms with Crippen molar-refractivity contribution in [3.05, 3.63) is 63.6 Å². The van der Waals surface area contributed by atoms with Crippen LogP contribution >= 0.6 is 23.2 Å². The van der Waals surface area contributed by atoms with Crippen LogP contribution in [0.15, 0.2) is 42.5 Å². The van der Waals surface area contributed by atoms with Crippen LogP contribution in [-0.4, -0.2) is 43.8 Å². The lowest BCUT2D eigenvalue weighted by Crippen LogP contribution is -2.51. The highest BCUT2D eigenvalue weighted by Gasteiger charge is 2.36. The second kappa shape index (κ2) is 8.15. The van der Waals surface area contributed by atoms with Gasteiger partial charge < -0.3 is 14.8 Å². The van der Waals surface area contributed by atoms with Crippen molar-refractivity contribution in [1.29, 1.82) is 0 Å². The predicted octanol–water partition coefficient (Wildman–Crippen LogP) is 3.92. The number of hydrogen-bond donors (Lipinski definition) is 1. The number of hydrogen-bond acceptors (Lipinski definition) is 4. The molecular formula is C20H22Cl2N2O2. The number of halogens is 2. The molecule has 1 fully saturated rings. The Balaban J connectivity index is 1.54. The third kappa shape index (κ3) is 3.85. The van der Waals surface area contributed by atoms with Crippen LogP contribution < -0.4 is 10.1 Å². The van der Waals surface area contributed by atoms with Crippen LogP contribution in [0.3, 0.4) is 0 Å². The minimum Gasteiger partial charge on any atom is -0.490 e. The molecule has 4 nitrogen and oxygen atoms in total. The molecule has 26 heavy (non-hydrogen) atoms. The molecule has 0 aromatic heterocycles. The van der Waals surface area contributed by atoms with Crippen molar-refractivity contribution in [2.75, 3.05) is 32.8 Å². The third-order valence-electron chi connectivity index (χ3n) is 4.99. The van der Waals surface area contributed by atoms with Crippen molar-refractivity contribution in [3.63, 3.8) is 0 Å². The number of nitrogens with zero attached hydrogens (tertiary/aromatic N) is 1. The molecule has 138 valence electrons. The predicted molar refractivity (Wildman–Crippen MR) is 104 cm³/mol. The van der Waals surface area contributed by atoms with Gasteiger partial charge in [-0.15, -0.1) is 0 Å². The van der Waals surface area contributed by atoms with E-state index < -0.39 is 0 Å². The first-order valence-corrected chi connectivity index (χ1v) is 9.70. The highest BCUT2D eigenvalue weighted by molar-refractivity contribution is 6.42. The summed E-state index contributed by atoms with van der Waals surface area (Å²) in [6, 6.07) is 14.1. The first-order valence-electron chi connectivity index (χ1n) is 8.94. The highest BCUT2D eigenvalue weighted by atomic mass is 35.5. The highest BCUT2D eigenvalue weighted by Crippen LogP contribution is 2.38. The van der Waals surface area contributed by atoms with E-state index in [0.29, 0.717) is 23.3 Å². The van der Waals surface area contributed by atoms with Crippen LogP contribution in [0.2, 0.25) is 10.0 Å². The zero-order chi connectivity index (χ0) is 17.9. The van der Waals surface area contributed by atoms with E-state index in [1.807, 2.05) is 30.3 Å². The van der Waals surface area contributed by atoms with Gasteiger partial charge in [0.05, 0.1) is 22.7 Å². The summed E-state index contributed by atoms with van der Waals surface area (Å²) in [6.45, 7) is 5.04. The van der Waals surface area contributed by atoms with Gasteiger partial charge in [-0.1, -0.05) is 47.5 Å². The Kier molecular flexibility index (Phi) is 5.67. The number of para-hydroxylation sites is 1. The first kappa shape index (κ1) is 18.1. The lowest BCUT2D eigenvalue weighted by molar-refractivity contribution is -0.0617. The van der Waals surface area contributed by atoms with Gasteiger partial charge in [0.15, 0.2) is 0 Å². The van der Waals surface area contributed by atoms with Gasteiger partial charge in [-0.3, -0.25) is 4.90 Å². The second-order valence-corrected chi connectivity index (χ2v) is 7.49. The van der Waals surface area contributed by atoms with E-state index in [4.69, 9.17) is 32.7 Å². The van der Waals surface area contributed by atoms with E-state index in [2.05, 4.69) is 22.3 Å². The van der Waals surface area contributed by atoms with Gasteiger partial charge in [0.25, 0.3) is 0 Å². The molecule has 0 radical (unpaired) electrons. The van der Waals surface area contributed by atoms with Crippen molar-refractivity contribution in [1.82, 2.24) is 10.2 Å². The average Bonchev–Trinajstić information content (AvgIpc) is 2.69. The molecule has 2 aliphatic rings. The van der Waals surface area contributed by atoms with Crippen molar-refractivity contribution < 1.29 is 9.47 Å². The Morgan fingerprint density at radius 2 is 1.88 bits per heavy atom. The summed E-state index contributed by atoms with van der Waals surface area (Å²) in [5.74, 6) is 0.963. The van der Waals surface area contributed by atoms with Crippen LogP contribution in [0.4, 0.5) is 0 Å². The number of ether oxygens (including phenoxy) is 2. The van der Waals surface area contributed by atoms with E-state index in [0.717, 1.165) is 37.5 Å². The van der Waals surface area contributed by atoms with Crippen molar-refractivity contribution in [3.8, 4) is 5.75 Å². The zero-order valence-electron chi connectivity index (χ0n) is 14.5. The van der Waals surface area contributed by atoms with Crippen molar-refractivity contribution in [2.24, 2.45) is 0 Å². The second-order valence-electron chi connectivity index (χ2n) is 6.68. The molecule has 2 unspecified atom stereocenters. The summed E-state index contributed by atoms with van der Waals surface area (Å²) in [4.78, 5) is 2.50. The normalized spacial score (nSPS) is 23.3. The summed E-state index contributed by atoms with van der Waals surface area (Å²) >= 11 is 12.1. The van der Waals surface area contributed by atoms with E-state index in [-0.39, 0.29) is 12.1 Å². The lowest BCUT2D eigenvalue weighted by atomic mass is 9.95. The van der Waals surface area contributed by atoms with Crippen molar-refractivity contribution >= 4 is 23.2 Å². The molecule has 0 spiro atoms. The fourth-order valence-corrected chi connectivity index (χ4v) is 4.00. The van der Waals surface area contributed by atoms with Crippen LogP contribution in [0.5, 0.6) is 5.75 Å². The summed E-state index contributed by atoms with van der Waals surface area (Å²) in [5.41, 5.74) is 2.22. The molecule has 6 heteroatoms. The Morgan fingerprint density at radius 3 is 2.69 bits per heavy atom. The first-order chi connectivity index (χ1) is 12.7. The minimum atomic E-state index is -0.0301. The molecule has 1 N–H and O–H groups in total. The maximum Gasteiger partial charge on any atom is 0.124 e. The molecule has 0 amide bonds. The van der Waals surface area contributed by atoms with Gasteiger partial charge in [0.2, 0.25) is 0 Å². The standard InChI is InChI=1S/C20H22Cl2N2O2/c21-16-6-5-14(11-17(16)22)12-25-19-13-26-18-4-2-1-3-15(18)20(19)24-9-7-23-8-10-24/h1-6,11,19-20,23H,7-10,12-13H2. The fraction of sp³-hybridized carbons (Fsp3) is 0.400. The van der Waals surface area contributed by atoms with E-state index >= 15 is 0 Å². The molecule has 1 saturated heterocycles. The van der Waals surface area contributed by atoms with Crippen LogP contribution in [0.25, 0.3) is 0 Å². The fourth-order valence-electron chi connectivity index (χ4n) is 3.68. The molecule has 4 rings (SSSR count). The molecule has 2 heterocycles. The monoisotopic (exact) mass is 392 g/mol.